The molecule has 0 saturated heterocycles. The Hall–Kier alpha value is -5.02. The molecule has 0 spiro atoms. The topological polar surface area (TPSA) is 128 Å². The second-order valence-corrected chi connectivity index (χ2v) is 9.36. The predicted molar refractivity (Wildman–Crippen MR) is 152 cm³/mol. The van der Waals surface area contributed by atoms with E-state index in [2.05, 4.69) is 10.6 Å². The summed E-state index contributed by atoms with van der Waals surface area (Å²) in [6.07, 6.45) is 1.78. The summed E-state index contributed by atoms with van der Waals surface area (Å²) in [6, 6.07) is 23.6. The van der Waals surface area contributed by atoms with Crippen LogP contribution in [0.2, 0.25) is 0 Å². The second-order valence-electron chi connectivity index (χ2n) is 9.36. The van der Waals surface area contributed by atoms with Crippen LogP contribution in [-0.2, 0) is 13.1 Å². The van der Waals surface area contributed by atoms with Crippen molar-refractivity contribution in [1.82, 2.24) is 14.7 Å². The standard InChI is InChI=1S/C30H28N6O3/c1-19-6-3-7-20(2)27(19)34-29-28(23-10-5-11-25(15-23)36(38)39)33-26-16-24(12-13-35(26)29)30(37)32-18-22-9-4-8-21(14-22)17-31/h3-16,34H,17-18,31H2,1-2H3,(H,32,37). The highest BCUT2D eigenvalue weighted by Crippen LogP contribution is 2.34. The maximum absolute atomic E-state index is 13.0. The molecule has 3 aromatic carbocycles. The van der Waals surface area contributed by atoms with Gasteiger partial charge in [-0.15, -0.1) is 0 Å². The largest absolute Gasteiger partial charge is 0.348 e. The van der Waals surface area contributed by atoms with E-state index in [1.807, 2.05) is 60.7 Å². The molecule has 0 atom stereocenters. The third-order valence-electron chi connectivity index (χ3n) is 6.62. The van der Waals surface area contributed by atoms with Crippen LogP contribution in [0.25, 0.3) is 16.9 Å². The third-order valence-corrected chi connectivity index (χ3v) is 6.62. The number of non-ortho nitro benzene ring substituents is 1. The first kappa shape index (κ1) is 25.6. The van der Waals surface area contributed by atoms with Crippen molar-refractivity contribution in [2.45, 2.75) is 26.9 Å². The van der Waals surface area contributed by atoms with E-state index in [1.54, 1.807) is 30.5 Å². The molecule has 5 aromatic rings. The lowest BCUT2D eigenvalue weighted by atomic mass is 10.1. The zero-order chi connectivity index (χ0) is 27.5. The van der Waals surface area contributed by atoms with Gasteiger partial charge in [-0.2, -0.15) is 0 Å². The number of para-hydroxylation sites is 1. The Morgan fingerprint density at radius 1 is 0.974 bits per heavy atom. The Labute approximate surface area is 225 Å². The van der Waals surface area contributed by atoms with E-state index in [1.165, 1.54) is 12.1 Å². The van der Waals surface area contributed by atoms with Gasteiger partial charge in [0.15, 0.2) is 0 Å². The van der Waals surface area contributed by atoms with Gasteiger partial charge in [-0.3, -0.25) is 19.3 Å². The van der Waals surface area contributed by atoms with Crippen LogP contribution < -0.4 is 16.4 Å². The molecular formula is C30H28N6O3. The van der Waals surface area contributed by atoms with Crippen molar-refractivity contribution in [2.75, 3.05) is 5.32 Å². The maximum atomic E-state index is 13.0. The predicted octanol–water partition coefficient (Wildman–Crippen LogP) is 5.66. The first-order chi connectivity index (χ1) is 18.8. The van der Waals surface area contributed by atoms with Crippen molar-refractivity contribution in [3.8, 4) is 11.3 Å². The zero-order valence-corrected chi connectivity index (χ0v) is 21.6. The number of nitro benzene ring substituents is 1. The van der Waals surface area contributed by atoms with Crippen molar-refractivity contribution in [1.29, 1.82) is 0 Å². The smallest absolute Gasteiger partial charge is 0.270 e. The van der Waals surface area contributed by atoms with Gasteiger partial charge < -0.3 is 16.4 Å². The number of rotatable bonds is 8. The molecule has 0 aliphatic heterocycles. The van der Waals surface area contributed by atoms with Crippen molar-refractivity contribution < 1.29 is 9.72 Å². The number of carbonyl (C=O) groups excluding carboxylic acids is 1. The molecule has 5 rings (SSSR count). The number of hydrogen-bond donors (Lipinski definition) is 3. The molecule has 0 aliphatic carbocycles. The third kappa shape index (κ3) is 5.34. The summed E-state index contributed by atoms with van der Waals surface area (Å²) in [6.45, 7) is 4.82. The number of anilines is 2. The number of nitrogens with two attached hydrogens (primary N) is 1. The van der Waals surface area contributed by atoms with E-state index in [9.17, 15) is 14.9 Å². The Bertz CT molecular complexity index is 1690. The number of benzene rings is 3. The van der Waals surface area contributed by atoms with E-state index in [0.717, 1.165) is 27.9 Å². The minimum atomic E-state index is -0.427. The van der Waals surface area contributed by atoms with Crippen LogP contribution in [-0.4, -0.2) is 20.2 Å². The molecule has 9 heteroatoms. The van der Waals surface area contributed by atoms with Crippen LogP contribution in [0.3, 0.4) is 0 Å². The molecule has 39 heavy (non-hydrogen) atoms. The number of imidazole rings is 1. The number of hydrogen-bond acceptors (Lipinski definition) is 6. The maximum Gasteiger partial charge on any atom is 0.270 e. The number of pyridine rings is 1. The summed E-state index contributed by atoms with van der Waals surface area (Å²) in [7, 11) is 0. The molecule has 0 aliphatic rings. The van der Waals surface area contributed by atoms with E-state index in [0.29, 0.717) is 41.4 Å². The minimum Gasteiger partial charge on any atom is -0.348 e. The number of amides is 1. The fourth-order valence-corrected chi connectivity index (χ4v) is 4.55. The molecule has 2 heterocycles. The lowest BCUT2D eigenvalue weighted by molar-refractivity contribution is -0.384. The number of carbonyl (C=O) groups is 1. The molecular weight excluding hydrogens is 492 g/mol. The lowest BCUT2D eigenvalue weighted by Gasteiger charge is -2.14. The Kier molecular flexibility index (Phi) is 7.07. The van der Waals surface area contributed by atoms with Gasteiger partial charge in [0.2, 0.25) is 0 Å². The first-order valence-corrected chi connectivity index (χ1v) is 12.5. The number of aryl methyl sites for hydroxylation is 2. The van der Waals surface area contributed by atoms with Crippen molar-refractivity contribution in [2.24, 2.45) is 5.73 Å². The molecule has 0 saturated carbocycles. The van der Waals surface area contributed by atoms with E-state index in [-0.39, 0.29) is 11.6 Å². The van der Waals surface area contributed by atoms with Gasteiger partial charge >= 0.3 is 0 Å². The second kappa shape index (κ2) is 10.8. The van der Waals surface area contributed by atoms with Crippen molar-refractivity contribution >= 4 is 28.7 Å². The highest BCUT2D eigenvalue weighted by atomic mass is 16.6. The molecule has 0 bridgehead atoms. The van der Waals surface area contributed by atoms with Crippen LogP contribution in [0.1, 0.15) is 32.6 Å². The lowest BCUT2D eigenvalue weighted by Crippen LogP contribution is -2.23. The molecule has 0 unspecified atom stereocenters. The van der Waals surface area contributed by atoms with Gasteiger partial charge in [0.1, 0.15) is 17.2 Å². The van der Waals surface area contributed by atoms with Crippen molar-refractivity contribution in [3.05, 3.63) is 123 Å². The Balaban J connectivity index is 1.53. The summed E-state index contributed by atoms with van der Waals surface area (Å²) >= 11 is 0. The van der Waals surface area contributed by atoms with Crippen LogP contribution in [0, 0.1) is 24.0 Å². The van der Waals surface area contributed by atoms with Crippen LogP contribution in [0.5, 0.6) is 0 Å². The molecule has 9 nitrogen and oxygen atoms in total. The minimum absolute atomic E-state index is 0.0265. The van der Waals surface area contributed by atoms with Gasteiger partial charge in [0.05, 0.1) is 4.92 Å². The Morgan fingerprint density at radius 2 is 1.69 bits per heavy atom. The normalized spacial score (nSPS) is 10.9. The summed E-state index contributed by atoms with van der Waals surface area (Å²) in [5, 5.41) is 17.9. The number of nitro groups is 1. The summed E-state index contributed by atoms with van der Waals surface area (Å²) in [4.78, 5) is 28.8. The Morgan fingerprint density at radius 3 is 2.44 bits per heavy atom. The highest BCUT2D eigenvalue weighted by Gasteiger charge is 2.19. The van der Waals surface area contributed by atoms with Crippen LogP contribution in [0.15, 0.2) is 85.1 Å². The molecule has 1 amide bonds. The molecule has 0 radical (unpaired) electrons. The number of fused-ring (bicyclic) bond motifs is 1. The first-order valence-electron chi connectivity index (χ1n) is 12.5. The zero-order valence-electron chi connectivity index (χ0n) is 21.6. The summed E-state index contributed by atoms with van der Waals surface area (Å²) in [5.74, 6) is 0.410. The van der Waals surface area contributed by atoms with E-state index in [4.69, 9.17) is 10.7 Å². The monoisotopic (exact) mass is 520 g/mol. The summed E-state index contributed by atoms with van der Waals surface area (Å²) < 4.78 is 1.85. The fourth-order valence-electron chi connectivity index (χ4n) is 4.55. The average Bonchev–Trinajstić information content (AvgIpc) is 3.31. The molecule has 2 aromatic heterocycles. The summed E-state index contributed by atoms with van der Waals surface area (Å²) in [5.41, 5.74) is 12.8. The molecule has 4 N–H and O–H groups in total. The van der Waals surface area contributed by atoms with Crippen LogP contribution >= 0.6 is 0 Å². The van der Waals surface area contributed by atoms with Crippen LogP contribution in [0.4, 0.5) is 17.2 Å². The molecule has 196 valence electrons. The van der Waals surface area contributed by atoms with Gasteiger partial charge in [-0.1, -0.05) is 54.6 Å². The van der Waals surface area contributed by atoms with E-state index >= 15 is 0 Å². The van der Waals surface area contributed by atoms with Gasteiger partial charge in [-0.25, -0.2) is 4.98 Å². The molecule has 0 fully saturated rings. The SMILES string of the molecule is Cc1cccc(C)c1Nc1c(-c2cccc([N+](=O)[O-])c2)nc2cc(C(=O)NCc3cccc(CN)c3)ccn12. The number of nitrogens with zero attached hydrogens (tertiary/aromatic N) is 3. The van der Waals surface area contributed by atoms with Gasteiger partial charge in [0.25, 0.3) is 11.6 Å². The average molecular weight is 521 g/mol. The highest BCUT2D eigenvalue weighted by molar-refractivity contribution is 5.95. The number of nitrogens with one attached hydrogen (secondary N) is 2. The van der Waals surface area contributed by atoms with Gasteiger partial charge in [0, 0.05) is 48.2 Å². The fraction of sp³-hybridized carbons (Fsp3) is 0.133. The van der Waals surface area contributed by atoms with Crippen molar-refractivity contribution in [3.63, 3.8) is 0 Å². The quantitative estimate of drug-likeness (QED) is 0.179. The van der Waals surface area contributed by atoms with E-state index < -0.39 is 4.92 Å². The van der Waals surface area contributed by atoms with Gasteiger partial charge in [-0.05, 0) is 48.2 Å². The number of aromatic nitrogens is 2.